The van der Waals surface area contributed by atoms with Crippen LogP contribution in [-0.4, -0.2) is 17.9 Å². The van der Waals surface area contributed by atoms with Crippen LogP contribution < -0.4 is 10.6 Å². The lowest BCUT2D eigenvalue weighted by Crippen LogP contribution is -2.13. The summed E-state index contributed by atoms with van der Waals surface area (Å²) in [6.45, 7) is 0. The summed E-state index contributed by atoms with van der Waals surface area (Å²) in [5.41, 5.74) is 7.04. The number of nitrogens with zero attached hydrogens (tertiary/aromatic N) is 2. The maximum Gasteiger partial charge on any atom is 0.151 e. The first-order valence-electron chi connectivity index (χ1n) is 5.38. The van der Waals surface area contributed by atoms with E-state index in [1.807, 2.05) is 24.1 Å². The van der Waals surface area contributed by atoms with Gasteiger partial charge in [-0.15, -0.1) is 0 Å². The summed E-state index contributed by atoms with van der Waals surface area (Å²) in [6, 6.07) is 10.9. The van der Waals surface area contributed by atoms with Gasteiger partial charge in [-0.1, -0.05) is 11.6 Å². The smallest absolute Gasteiger partial charge is 0.151 e. The number of benzene rings is 1. The maximum atomic E-state index is 7.34. The number of nitrogen functional groups attached to an aromatic ring is 1. The summed E-state index contributed by atoms with van der Waals surface area (Å²) in [5.74, 6) is 0.745. The van der Waals surface area contributed by atoms with Crippen LogP contribution in [0.2, 0.25) is 5.02 Å². The van der Waals surface area contributed by atoms with E-state index < -0.39 is 0 Å². The molecule has 2 aromatic rings. The fourth-order valence-corrected chi connectivity index (χ4v) is 1.86. The molecular formula is C13H13ClN4. The van der Waals surface area contributed by atoms with Gasteiger partial charge in [0.1, 0.15) is 5.84 Å². The van der Waals surface area contributed by atoms with E-state index >= 15 is 0 Å². The third-order valence-corrected chi connectivity index (χ3v) is 2.92. The van der Waals surface area contributed by atoms with Gasteiger partial charge in [0.2, 0.25) is 0 Å². The van der Waals surface area contributed by atoms with Crippen molar-refractivity contribution in [2.24, 2.45) is 5.73 Å². The molecule has 0 fully saturated rings. The van der Waals surface area contributed by atoms with Crippen LogP contribution in [0.4, 0.5) is 11.5 Å². The molecule has 5 heteroatoms. The quantitative estimate of drug-likeness (QED) is 0.659. The van der Waals surface area contributed by atoms with Crippen molar-refractivity contribution < 1.29 is 0 Å². The number of amidine groups is 1. The average molecular weight is 261 g/mol. The number of anilines is 2. The van der Waals surface area contributed by atoms with Crippen LogP contribution in [0.25, 0.3) is 0 Å². The van der Waals surface area contributed by atoms with Crippen LogP contribution >= 0.6 is 11.6 Å². The lowest BCUT2D eigenvalue weighted by Gasteiger charge is -2.19. The molecule has 92 valence electrons. The molecule has 0 bridgehead atoms. The zero-order chi connectivity index (χ0) is 13.1. The molecule has 0 saturated carbocycles. The van der Waals surface area contributed by atoms with Crippen LogP contribution in [0.5, 0.6) is 0 Å². The Balaban J connectivity index is 2.32. The average Bonchev–Trinajstić information content (AvgIpc) is 2.38. The first-order chi connectivity index (χ1) is 8.59. The molecule has 3 N–H and O–H groups in total. The van der Waals surface area contributed by atoms with Gasteiger partial charge >= 0.3 is 0 Å². The van der Waals surface area contributed by atoms with Gasteiger partial charge in [-0.05, 0) is 36.4 Å². The molecule has 0 unspecified atom stereocenters. The molecule has 0 aliphatic rings. The molecule has 0 atom stereocenters. The molecule has 0 aliphatic carbocycles. The lowest BCUT2D eigenvalue weighted by molar-refractivity contribution is 1.13. The number of hydrogen-bond donors (Lipinski definition) is 2. The van der Waals surface area contributed by atoms with E-state index in [4.69, 9.17) is 22.7 Å². The minimum Gasteiger partial charge on any atom is -0.384 e. The van der Waals surface area contributed by atoms with Crippen molar-refractivity contribution in [1.29, 1.82) is 5.41 Å². The van der Waals surface area contributed by atoms with Gasteiger partial charge in [0, 0.05) is 24.5 Å². The Morgan fingerprint density at radius 2 is 1.94 bits per heavy atom. The molecule has 0 radical (unpaired) electrons. The Morgan fingerprint density at radius 1 is 1.28 bits per heavy atom. The summed E-state index contributed by atoms with van der Waals surface area (Å²) in [6.07, 6.45) is 1.70. The molecule has 1 aromatic heterocycles. The highest BCUT2D eigenvalue weighted by Gasteiger charge is 2.09. The first-order valence-corrected chi connectivity index (χ1v) is 5.76. The summed E-state index contributed by atoms with van der Waals surface area (Å²) in [7, 11) is 1.89. The summed E-state index contributed by atoms with van der Waals surface area (Å²) in [4.78, 5) is 6.12. The highest BCUT2D eigenvalue weighted by atomic mass is 35.5. The maximum absolute atomic E-state index is 7.34. The Morgan fingerprint density at radius 3 is 2.50 bits per heavy atom. The minimum absolute atomic E-state index is 0.0556. The number of aromatic nitrogens is 1. The summed E-state index contributed by atoms with van der Waals surface area (Å²) >= 11 is 6.09. The Kier molecular flexibility index (Phi) is 3.48. The van der Waals surface area contributed by atoms with E-state index in [-0.39, 0.29) is 5.84 Å². The fraction of sp³-hybridized carbons (Fsp3) is 0.0769. The zero-order valence-electron chi connectivity index (χ0n) is 9.89. The zero-order valence-corrected chi connectivity index (χ0v) is 10.6. The Bertz CT molecular complexity index is 565. The number of pyridine rings is 1. The van der Waals surface area contributed by atoms with E-state index in [1.165, 1.54) is 0 Å². The van der Waals surface area contributed by atoms with Crippen LogP contribution in [0, 0.1) is 5.41 Å². The summed E-state index contributed by atoms with van der Waals surface area (Å²) < 4.78 is 0. The number of rotatable bonds is 3. The van der Waals surface area contributed by atoms with E-state index in [1.54, 1.807) is 30.5 Å². The van der Waals surface area contributed by atoms with Gasteiger partial charge in [0.15, 0.2) is 5.82 Å². The van der Waals surface area contributed by atoms with Crippen molar-refractivity contribution in [2.75, 3.05) is 11.9 Å². The van der Waals surface area contributed by atoms with Gasteiger partial charge in [0.25, 0.3) is 0 Å². The molecule has 4 nitrogen and oxygen atoms in total. The standard InChI is InChI=1S/C13H13ClN4/c1-18(13-11(14)3-2-8-17-13)10-6-4-9(5-7-10)12(15)16/h2-8H,1H3,(H3,15,16). The van der Waals surface area contributed by atoms with Gasteiger partial charge < -0.3 is 10.6 Å². The minimum atomic E-state index is 0.0556. The monoisotopic (exact) mass is 260 g/mol. The van der Waals surface area contributed by atoms with Crippen LogP contribution in [-0.2, 0) is 0 Å². The highest BCUT2D eigenvalue weighted by molar-refractivity contribution is 6.33. The third-order valence-electron chi connectivity index (χ3n) is 2.62. The van der Waals surface area contributed by atoms with E-state index in [0.717, 1.165) is 5.69 Å². The van der Waals surface area contributed by atoms with Gasteiger partial charge in [0.05, 0.1) is 5.02 Å². The van der Waals surface area contributed by atoms with Gasteiger partial charge in [-0.3, -0.25) is 5.41 Å². The molecule has 0 spiro atoms. The van der Waals surface area contributed by atoms with Crippen molar-refractivity contribution in [2.45, 2.75) is 0 Å². The van der Waals surface area contributed by atoms with E-state index in [9.17, 15) is 0 Å². The number of halogens is 1. The second-order valence-corrected chi connectivity index (χ2v) is 4.24. The second-order valence-electron chi connectivity index (χ2n) is 3.83. The first kappa shape index (κ1) is 12.4. The van der Waals surface area contributed by atoms with Crippen molar-refractivity contribution in [3.63, 3.8) is 0 Å². The molecule has 1 aromatic carbocycles. The van der Waals surface area contributed by atoms with Crippen LogP contribution in [0.15, 0.2) is 42.6 Å². The molecule has 0 amide bonds. The second kappa shape index (κ2) is 5.06. The van der Waals surface area contributed by atoms with Crippen molar-refractivity contribution >= 4 is 28.9 Å². The molecule has 2 rings (SSSR count). The Labute approximate surface area is 111 Å². The number of nitrogens with one attached hydrogen (secondary N) is 1. The predicted octanol–water partition coefficient (Wildman–Crippen LogP) is 2.79. The van der Waals surface area contributed by atoms with Crippen molar-refractivity contribution in [1.82, 2.24) is 4.98 Å². The fourth-order valence-electron chi connectivity index (χ4n) is 1.61. The molecule has 0 saturated heterocycles. The number of nitrogens with two attached hydrogens (primary N) is 1. The lowest BCUT2D eigenvalue weighted by atomic mass is 10.2. The van der Waals surface area contributed by atoms with Crippen LogP contribution in [0.3, 0.4) is 0 Å². The largest absolute Gasteiger partial charge is 0.384 e. The highest BCUT2D eigenvalue weighted by Crippen LogP contribution is 2.27. The molecule has 18 heavy (non-hydrogen) atoms. The molecule has 0 aliphatic heterocycles. The van der Waals surface area contributed by atoms with Crippen LogP contribution in [0.1, 0.15) is 5.56 Å². The van der Waals surface area contributed by atoms with Crippen molar-refractivity contribution in [3.05, 3.63) is 53.2 Å². The predicted molar refractivity (Wildman–Crippen MR) is 74.8 cm³/mol. The van der Waals surface area contributed by atoms with Crippen molar-refractivity contribution in [3.8, 4) is 0 Å². The number of hydrogen-bond acceptors (Lipinski definition) is 3. The summed E-state index contributed by atoms with van der Waals surface area (Å²) in [5, 5.41) is 7.94. The molecular weight excluding hydrogens is 248 g/mol. The topological polar surface area (TPSA) is 66.0 Å². The molecule has 1 heterocycles. The van der Waals surface area contributed by atoms with Gasteiger partial charge in [-0.2, -0.15) is 0 Å². The van der Waals surface area contributed by atoms with E-state index in [2.05, 4.69) is 4.98 Å². The van der Waals surface area contributed by atoms with E-state index in [0.29, 0.717) is 16.4 Å². The SMILES string of the molecule is CN(c1ccc(C(=N)N)cc1)c1ncccc1Cl. The van der Waals surface area contributed by atoms with Gasteiger partial charge in [-0.25, -0.2) is 4.98 Å². The normalized spacial score (nSPS) is 10.1. The Hall–Kier alpha value is -2.07. The third kappa shape index (κ3) is 2.43.